The molecule has 1 aromatic heterocycles. The highest BCUT2D eigenvalue weighted by Crippen LogP contribution is 2.22. The number of aldehydes is 1. The Morgan fingerprint density at radius 1 is 1.75 bits per heavy atom. The van der Waals surface area contributed by atoms with Crippen LogP contribution in [0.5, 0.6) is 0 Å². The number of carboxylic acids is 1. The molecule has 64 valence electrons. The predicted octanol–water partition coefficient (Wildman–Crippen LogP) is -0.187. The van der Waals surface area contributed by atoms with Gasteiger partial charge in [-0.2, -0.15) is 12.6 Å². The Balaban J connectivity index is 3.01. The number of hydrogen-bond acceptors (Lipinski definition) is 5. The van der Waals surface area contributed by atoms with Gasteiger partial charge >= 0.3 is 0 Å². The van der Waals surface area contributed by atoms with E-state index in [-0.39, 0.29) is 11.3 Å². The zero-order valence-corrected chi connectivity index (χ0v) is 6.78. The van der Waals surface area contributed by atoms with Gasteiger partial charge in [-0.15, -0.1) is 0 Å². The van der Waals surface area contributed by atoms with E-state index in [4.69, 9.17) is 4.42 Å². The molecule has 0 bridgehead atoms. The monoisotopic (exact) mass is 185 g/mol. The van der Waals surface area contributed by atoms with Crippen molar-refractivity contribution in [3.63, 3.8) is 0 Å². The highest BCUT2D eigenvalue weighted by molar-refractivity contribution is 7.81. The first-order valence-electron chi connectivity index (χ1n) is 3.08. The van der Waals surface area contributed by atoms with E-state index in [2.05, 4.69) is 12.6 Å². The van der Waals surface area contributed by atoms with E-state index in [1.54, 1.807) is 0 Å². The quantitative estimate of drug-likeness (QED) is 0.523. The summed E-state index contributed by atoms with van der Waals surface area (Å²) >= 11 is 3.69. The molecule has 1 unspecified atom stereocenters. The lowest BCUT2D eigenvalue weighted by Gasteiger charge is -2.08. The SMILES string of the molecule is O=Cc1ccoc1C(S)C(=O)[O-]. The Morgan fingerprint density at radius 2 is 2.42 bits per heavy atom. The van der Waals surface area contributed by atoms with Gasteiger partial charge in [0.2, 0.25) is 0 Å². The van der Waals surface area contributed by atoms with E-state index in [9.17, 15) is 14.7 Å². The Kier molecular flexibility index (Phi) is 2.54. The van der Waals surface area contributed by atoms with Gasteiger partial charge in [-0.3, -0.25) is 4.79 Å². The zero-order valence-electron chi connectivity index (χ0n) is 5.89. The van der Waals surface area contributed by atoms with Crippen molar-refractivity contribution in [3.8, 4) is 0 Å². The molecule has 0 spiro atoms. The molecular weight excluding hydrogens is 180 g/mol. The van der Waals surface area contributed by atoms with E-state index in [0.717, 1.165) is 0 Å². The second kappa shape index (κ2) is 3.44. The zero-order chi connectivity index (χ0) is 9.14. The van der Waals surface area contributed by atoms with Crippen LogP contribution >= 0.6 is 12.6 Å². The minimum Gasteiger partial charge on any atom is -0.548 e. The van der Waals surface area contributed by atoms with Crippen LogP contribution in [-0.4, -0.2) is 12.3 Å². The van der Waals surface area contributed by atoms with E-state index in [0.29, 0.717) is 6.29 Å². The Morgan fingerprint density at radius 3 is 2.92 bits per heavy atom. The molecule has 4 nitrogen and oxygen atoms in total. The summed E-state index contributed by atoms with van der Waals surface area (Å²) in [6, 6.07) is 1.37. The minimum atomic E-state index is -1.39. The maximum absolute atomic E-state index is 10.3. The number of rotatable bonds is 3. The van der Waals surface area contributed by atoms with E-state index in [1.807, 2.05) is 0 Å². The van der Waals surface area contributed by atoms with Crippen LogP contribution < -0.4 is 5.11 Å². The van der Waals surface area contributed by atoms with Gasteiger partial charge in [0.25, 0.3) is 0 Å². The molecule has 0 aromatic carbocycles. The molecule has 1 heterocycles. The van der Waals surface area contributed by atoms with Crippen molar-refractivity contribution >= 4 is 24.9 Å². The Bertz CT molecular complexity index is 304. The number of thiol groups is 1. The van der Waals surface area contributed by atoms with Crippen molar-refractivity contribution in [3.05, 3.63) is 23.7 Å². The van der Waals surface area contributed by atoms with Gasteiger partial charge in [0.05, 0.1) is 23.0 Å². The topological polar surface area (TPSA) is 70.3 Å². The molecule has 0 fully saturated rings. The number of carbonyl (C=O) groups is 2. The fourth-order valence-corrected chi connectivity index (χ4v) is 0.967. The summed E-state index contributed by atoms with van der Waals surface area (Å²) in [6.45, 7) is 0. The Labute approximate surface area is 73.6 Å². The fourth-order valence-electron chi connectivity index (χ4n) is 0.758. The third-order valence-electron chi connectivity index (χ3n) is 1.33. The average molecular weight is 185 g/mol. The lowest BCUT2D eigenvalue weighted by Crippen LogP contribution is -2.27. The first kappa shape index (κ1) is 8.86. The van der Waals surface area contributed by atoms with E-state index < -0.39 is 11.2 Å². The van der Waals surface area contributed by atoms with E-state index >= 15 is 0 Å². The maximum Gasteiger partial charge on any atom is 0.153 e. The fraction of sp³-hybridized carbons (Fsp3) is 0.143. The number of hydrogen-bond donors (Lipinski definition) is 1. The molecule has 0 amide bonds. The molecule has 0 aliphatic heterocycles. The van der Waals surface area contributed by atoms with Crippen molar-refractivity contribution < 1.29 is 19.1 Å². The molecule has 0 aliphatic rings. The molecule has 1 aromatic rings. The molecule has 1 atom stereocenters. The van der Waals surface area contributed by atoms with Crippen molar-refractivity contribution in [1.82, 2.24) is 0 Å². The predicted molar refractivity (Wildman–Crippen MR) is 40.8 cm³/mol. The second-order valence-corrected chi connectivity index (χ2v) is 2.60. The van der Waals surface area contributed by atoms with Crippen LogP contribution in [-0.2, 0) is 4.79 Å². The van der Waals surface area contributed by atoms with Crippen LogP contribution in [0.2, 0.25) is 0 Å². The molecular formula is C7H5O4S-. The summed E-state index contributed by atoms with van der Waals surface area (Å²) in [5, 5.41) is 9.11. The summed E-state index contributed by atoms with van der Waals surface area (Å²) in [5.74, 6) is -1.38. The number of carboxylic acid groups (broad SMARTS) is 1. The lowest BCUT2D eigenvalue weighted by atomic mass is 10.2. The first-order valence-corrected chi connectivity index (χ1v) is 3.60. The van der Waals surface area contributed by atoms with Crippen molar-refractivity contribution in [2.24, 2.45) is 0 Å². The summed E-state index contributed by atoms with van der Waals surface area (Å²) in [5.41, 5.74) is 0.180. The molecule has 0 saturated carbocycles. The molecule has 0 aliphatic carbocycles. The summed E-state index contributed by atoms with van der Waals surface area (Å²) < 4.78 is 4.75. The van der Waals surface area contributed by atoms with Gasteiger partial charge in [-0.05, 0) is 6.07 Å². The summed E-state index contributed by atoms with van der Waals surface area (Å²) in [4.78, 5) is 20.6. The molecule has 1 rings (SSSR count). The van der Waals surface area contributed by atoms with Crippen LogP contribution in [0.15, 0.2) is 16.7 Å². The second-order valence-electron chi connectivity index (χ2n) is 2.08. The molecule has 0 saturated heterocycles. The standard InChI is InChI=1S/C7H6O4S/c8-3-4-1-2-11-5(4)6(12)7(9)10/h1-3,6,12H,(H,9,10)/p-1. The van der Waals surface area contributed by atoms with Gasteiger partial charge in [-0.1, -0.05) is 0 Å². The Hall–Kier alpha value is -1.23. The van der Waals surface area contributed by atoms with Crippen molar-refractivity contribution in [2.75, 3.05) is 0 Å². The van der Waals surface area contributed by atoms with Gasteiger partial charge in [0.1, 0.15) is 5.76 Å². The van der Waals surface area contributed by atoms with Crippen molar-refractivity contribution in [1.29, 1.82) is 0 Å². The van der Waals surface area contributed by atoms with Crippen LogP contribution in [0.4, 0.5) is 0 Å². The molecule has 12 heavy (non-hydrogen) atoms. The number of carbonyl (C=O) groups excluding carboxylic acids is 2. The summed E-state index contributed by atoms with van der Waals surface area (Å²) in [6.07, 6.45) is 1.73. The maximum atomic E-state index is 10.3. The van der Waals surface area contributed by atoms with Crippen LogP contribution in [0.1, 0.15) is 21.4 Å². The van der Waals surface area contributed by atoms with Crippen LogP contribution in [0, 0.1) is 0 Å². The van der Waals surface area contributed by atoms with Crippen LogP contribution in [0.3, 0.4) is 0 Å². The van der Waals surface area contributed by atoms with Gasteiger partial charge in [0.15, 0.2) is 6.29 Å². The van der Waals surface area contributed by atoms with Gasteiger partial charge in [-0.25, -0.2) is 0 Å². The highest BCUT2D eigenvalue weighted by atomic mass is 32.1. The molecule has 0 N–H and O–H groups in total. The third kappa shape index (κ3) is 1.50. The minimum absolute atomic E-state index is 0.00772. The van der Waals surface area contributed by atoms with Gasteiger partial charge < -0.3 is 14.3 Å². The van der Waals surface area contributed by atoms with Gasteiger partial charge in [0, 0.05) is 0 Å². The highest BCUT2D eigenvalue weighted by Gasteiger charge is 2.15. The van der Waals surface area contributed by atoms with Crippen molar-refractivity contribution in [2.45, 2.75) is 5.25 Å². The first-order chi connectivity index (χ1) is 5.66. The number of furan rings is 1. The number of aliphatic carboxylic acids is 1. The largest absolute Gasteiger partial charge is 0.548 e. The summed E-state index contributed by atoms with van der Waals surface area (Å²) in [7, 11) is 0. The average Bonchev–Trinajstić information content (AvgIpc) is 2.49. The van der Waals surface area contributed by atoms with Crippen LogP contribution in [0.25, 0.3) is 0 Å². The lowest BCUT2D eigenvalue weighted by molar-refractivity contribution is -0.305. The third-order valence-corrected chi connectivity index (χ3v) is 1.77. The molecule has 0 radical (unpaired) electrons. The smallest absolute Gasteiger partial charge is 0.153 e. The molecule has 5 heteroatoms. The normalized spacial score (nSPS) is 12.4. The van der Waals surface area contributed by atoms with E-state index in [1.165, 1.54) is 12.3 Å².